The minimum absolute atomic E-state index is 0.0868. The van der Waals surface area contributed by atoms with Crippen LogP contribution in [0.25, 0.3) is 0 Å². The van der Waals surface area contributed by atoms with Crippen molar-refractivity contribution >= 4 is 0 Å². The molecule has 0 aromatic heterocycles. The summed E-state index contributed by atoms with van der Waals surface area (Å²) < 4.78 is 0. The van der Waals surface area contributed by atoms with Crippen molar-refractivity contribution in [2.24, 2.45) is 5.92 Å². The van der Waals surface area contributed by atoms with Gasteiger partial charge in [-0.25, -0.2) is 0 Å². The summed E-state index contributed by atoms with van der Waals surface area (Å²) in [6, 6.07) is 10.7. The molecule has 0 aliphatic heterocycles. The van der Waals surface area contributed by atoms with E-state index >= 15 is 0 Å². The molecule has 0 amide bonds. The topological polar surface area (TPSA) is 32.3 Å². The van der Waals surface area contributed by atoms with Gasteiger partial charge in [-0.2, -0.15) is 0 Å². The Morgan fingerprint density at radius 1 is 1.24 bits per heavy atom. The van der Waals surface area contributed by atoms with Crippen molar-refractivity contribution in [2.75, 3.05) is 0 Å². The quantitative estimate of drug-likeness (QED) is 0.672. The summed E-state index contributed by atoms with van der Waals surface area (Å²) in [6.07, 6.45) is 7.19. The van der Waals surface area contributed by atoms with E-state index in [0.29, 0.717) is 18.8 Å². The Hall–Kier alpha value is -1.38. The highest BCUT2D eigenvalue weighted by atomic mass is 16.3. The Labute approximate surface area is 128 Å². The molecule has 0 spiro atoms. The summed E-state index contributed by atoms with van der Waals surface area (Å²) in [5.74, 6) is 0.557. The van der Waals surface area contributed by atoms with Gasteiger partial charge in [0.05, 0.1) is 5.60 Å². The molecule has 1 aliphatic carbocycles. The molecule has 1 aromatic rings. The van der Waals surface area contributed by atoms with Crippen LogP contribution < -0.4 is 5.32 Å². The number of hydrogen-bond donors (Lipinski definition) is 2. The van der Waals surface area contributed by atoms with Crippen LogP contribution in [0.5, 0.6) is 0 Å². The average molecular weight is 285 g/mol. The molecular weight excluding hydrogens is 258 g/mol. The lowest BCUT2D eigenvalue weighted by Crippen LogP contribution is -2.52. The highest BCUT2D eigenvalue weighted by molar-refractivity contribution is 5.19. The van der Waals surface area contributed by atoms with Gasteiger partial charge in [0, 0.05) is 12.1 Å². The number of rotatable bonds is 9. The van der Waals surface area contributed by atoms with E-state index in [1.807, 2.05) is 18.2 Å². The molecule has 0 radical (unpaired) electrons. The summed E-state index contributed by atoms with van der Waals surface area (Å²) in [7, 11) is 0. The van der Waals surface area contributed by atoms with Gasteiger partial charge in [-0.3, -0.25) is 0 Å². The van der Waals surface area contributed by atoms with E-state index in [4.69, 9.17) is 0 Å². The van der Waals surface area contributed by atoms with Gasteiger partial charge in [0.2, 0.25) is 0 Å². The summed E-state index contributed by atoms with van der Waals surface area (Å²) in [6.45, 7) is 9.77. The first kappa shape index (κ1) is 16.0. The van der Waals surface area contributed by atoms with Gasteiger partial charge in [-0.1, -0.05) is 42.5 Å². The SMILES string of the molecule is C=CCC(O)(CC=C)C(N[C@H](C)c1ccccc1)C1CC1. The van der Waals surface area contributed by atoms with Gasteiger partial charge in [0.15, 0.2) is 0 Å². The molecule has 0 heterocycles. The van der Waals surface area contributed by atoms with Crippen LogP contribution in [0, 0.1) is 5.92 Å². The molecule has 0 bridgehead atoms. The normalized spacial score (nSPS) is 18.0. The third-order valence-electron chi connectivity index (χ3n) is 4.40. The van der Waals surface area contributed by atoms with Gasteiger partial charge in [-0.05, 0) is 44.1 Å². The van der Waals surface area contributed by atoms with Crippen LogP contribution >= 0.6 is 0 Å². The van der Waals surface area contributed by atoms with Crippen molar-refractivity contribution in [3.05, 3.63) is 61.2 Å². The molecule has 1 fully saturated rings. The molecule has 1 aromatic carbocycles. The lowest BCUT2D eigenvalue weighted by molar-refractivity contribution is -0.00463. The largest absolute Gasteiger partial charge is 0.388 e. The Morgan fingerprint density at radius 2 is 1.81 bits per heavy atom. The van der Waals surface area contributed by atoms with Crippen molar-refractivity contribution in [3.63, 3.8) is 0 Å². The second kappa shape index (κ2) is 7.06. The average Bonchev–Trinajstić information content (AvgIpc) is 3.30. The van der Waals surface area contributed by atoms with Crippen LogP contribution in [0.3, 0.4) is 0 Å². The zero-order valence-corrected chi connectivity index (χ0v) is 13.0. The van der Waals surface area contributed by atoms with Crippen LogP contribution in [0.1, 0.15) is 44.2 Å². The lowest BCUT2D eigenvalue weighted by atomic mass is 9.83. The maximum atomic E-state index is 11.1. The summed E-state index contributed by atoms with van der Waals surface area (Å²) >= 11 is 0. The minimum Gasteiger partial charge on any atom is -0.388 e. The molecule has 0 saturated heterocycles. The summed E-state index contributed by atoms with van der Waals surface area (Å²) in [5.41, 5.74) is 0.468. The Bertz CT molecular complexity index is 454. The highest BCUT2D eigenvalue weighted by Gasteiger charge is 2.44. The molecule has 2 nitrogen and oxygen atoms in total. The number of aliphatic hydroxyl groups is 1. The number of hydrogen-bond acceptors (Lipinski definition) is 2. The van der Waals surface area contributed by atoms with Crippen LogP contribution in [0.4, 0.5) is 0 Å². The van der Waals surface area contributed by atoms with Crippen molar-refractivity contribution in [1.82, 2.24) is 5.32 Å². The van der Waals surface area contributed by atoms with Crippen LogP contribution in [-0.2, 0) is 0 Å². The first-order chi connectivity index (χ1) is 10.1. The molecule has 2 rings (SSSR count). The monoisotopic (exact) mass is 285 g/mol. The Kier molecular flexibility index (Phi) is 5.38. The molecular formula is C19H27NO. The van der Waals surface area contributed by atoms with Gasteiger partial charge in [-0.15, -0.1) is 13.2 Å². The number of benzene rings is 1. The molecule has 2 heteroatoms. The predicted molar refractivity (Wildman–Crippen MR) is 89.1 cm³/mol. The van der Waals surface area contributed by atoms with E-state index in [1.54, 1.807) is 0 Å². The summed E-state index contributed by atoms with van der Waals surface area (Å²) in [4.78, 5) is 0. The molecule has 2 atom stereocenters. The second-order valence-corrected chi connectivity index (χ2v) is 6.20. The third-order valence-corrected chi connectivity index (χ3v) is 4.40. The standard InChI is InChI=1S/C19H27NO/c1-4-13-19(21,14-5-2)18(17-11-12-17)20-15(3)16-9-7-6-8-10-16/h4-10,15,17-18,20-21H,1-2,11-14H2,3H3/t15-,18?/m1/s1. The van der Waals surface area contributed by atoms with E-state index in [1.165, 1.54) is 18.4 Å². The summed E-state index contributed by atoms with van der Waals surface area (Å²) in [5, 5.41) is 14.7. The second-order valence-electron chi connectivity index (χ2n) is 6.20. The molecule has 1 saturated carbocycles. The first-order valence-electron chi connectivity index (χ1n) is 7.86. The van der Waals surface area contributed by atoms with Gasteiger partial charge >= 0.3 is 0 Å². The fourth-order valence-electron chi connectivity index (χ4n) is 3.10. The zero-order chi connectivity index (χ0) is 15.3. The van der Waals surface area contributed by atoms with Crippen molar-refractivity contribution < 1.29 is 5.11 Å². The fourth-order valence-corrected chi connectivity index (χ4v) is 3.10. The zero-order valence-electron chi connectivity index (χ0n) is 13.0. The van der Waals surface area contributed by atoms with E-state index in [9.17, 15) is 5.11 Å². The van der Waals surface area contributed by atoms with Crippen molar-refractivity contribution in [2.45, 2.75) is 50.3 Å². The maximum absolute atomic E-state index is 11.1. The van der Waals surface area contributed by atoms with Crippen LogP contribution in [-0.4, -0.2) is 16.7 Å². The molecule has 1 unspecified atom stereocenters. The predicted octanol–water partition coefficient (Wildman–Crippen LogP) is 4.00. The first-order valence-corrected chi connectivity index (χ1v) is 7.86. The van der Waals surface area contributed by atoms with Crippen LogP contribution in [0.2, 0.25) is 0 Å². The number of nitrogens with one attached hydrogen (secondary N) is 1. The lowest BCUT2D eigenvalue weighted by Gasteiger charge is -2.38. The van der Waals surface area contributed by atoms with Gasteiger partial charge < -0.3 is 10.4 Å². The third kappa shape index (κ3) is 4.05. The molecule has 21 heavy (non-hydrogen) atoms. The molecule has 114 valence electrons. The van der Waals surface area contributed by atoms with E-state index in [-0.39, 0.29) is 12.1 Å². The van der Waals surface area contributed by atoms with E-state index in [2.05, 4.69) is 49.7 Å². The van der Waals surface area contributed by atoms with Gasteiger partial charge in [0.1, 0.15) is 0 Å². The van der Waals surface area contributed by atoms with E-state index < -0.39 is 5.60 Å². The van der Waals surface area contributed by atoms with E-state index in [0.717, 1.165) is 0 Å². The highest BCUT2D eigenvalue weighted by Crippen LogP contribution is 2.41. The van der Waals surface area contributed by atoms with Gasteiger partial charge in [0.25, 0.3) is 0 Å². The van der Waals surface area contributed by atoms with Crippen LogP contribution in [0.15, 0.2) is 55.6 Å². The molecule has 1 aliphatic rings. The fraction of sp³-hybridized carbons (Fsp3) is 0.474. The van der Waals surface area contributed by atoms with Crippen molar-refractivity contribution in [1.29, 1.82) is 0 Å². The minimum atomic E-state index is -0.784. The smallest absolute Gasteiger partial charge is 0.0871 e. The Morgan fingerprint density at radius 3 is 2.29 bits per heavy atom. The maximum Gasteiger partial charge on any atom is 0.0871 e. The Balaban J connectivity index is 2.14. The van der Waals surface area contributed by atoms with Crippen molar-refractivity contribution in [3.8, 4) is 0 Å². The molecule has 2 N–H and O–H groups in total.